The molecule has 0 spiro atoms. The molecule has 0 aliphatic rings. The minimum absolute atomic E-state index is 0.412. The summed E-state index contributed by atoms with van der Waals surface area (Å²) in [6, 6.07) is 0. The van der Waals surface area contributed by atoms with E-state index in [1.165, 1.54) is 122 Å². The zero-order valence-corrected chi connectivity index (χ0v) is 18.5. The second-order valence-electron chi connectivity index (χ2n) is 8.74. The molecule has 2 nitrogen and oxygen atoms in total. The summed E-state index contributed by atoms with van der Waals surface area (Å²) in [5.74, 6) is 0. The Morgan fingerprint density at radius 3 is 0.962 bits per heavy atom. The van der Waals surface area contributed by atoms with Gasteiger partial charge >= 0.3 is 0 Å². The van der Waals surface area contributed by atoms with Gasteiger partial charge in [0.1, 0.15) is 0 Å². The largest absolute Gasteiger partial charge is 0.313 e. The van der Waals surface area contributed by atoms with Crippen LogP contribution in [0.4, 0.5) is 0 Å². The molecule has 0 heterocycles. The van der Waals surface area contributed by atoms with Gasteiger partial charge in [0.25, 0.3) is 0 Å². The summed E-state index contributed by atoms with van der Waals surface area (Å²) < 4.78 is 0. The smallest absolute Gasteiger partial charge is 0.0636 e. The Hall–Kier alpha value is -0.0800. The first-order valence-electron chi connectivity index (χ1n) is 12.2. The van der Waals surface area contributed by atoms with Crippen molar-refractivity contribution in [1.82, 2.24) is 0 Å². The topological polar surface area (TPSA) is 52.0 Å². The van der Waals surface area contributed by atoms with Gasteiger partial charge in [-0.1, -0.05) is 136 Å². The normalized spacial score (nSPS) is 12.0. The molecule has 0 fully saturated rings. The van der Waals surface area contributed by atoms with Crippen LogP contribution in [0.25, 0.3) is 0 Å². The van der Waals surface area contributed by atoms with E-state index in [-0.39, 0.29) is 0 Å². The Bertz CT molecular complexity index is 263. The van der Waals surface area contributed by atoms with Gasteiger partial charge in [-0.05, 0) is 12.8 Å². The molecule has 0 rings (SSSR count). The summed E-state index contributed by atoms with van der Waals surface area (Å²) in [4.78, 5) is 0. The maximum absolute atomic E-state index is 6.20. The minimum atomic E-state index is -0.412. The molecule has 0 bridgehead atoms. The first-order chi connectivity index (χ1) is 12.6. The lowest BCUT2D eigenvalue weighted by Crippen LogP contribution is -2.49. The van der Waals surface area contributed by atoms with Crippen molar-refractivity contribution < 1.29 is 0 Å². The second-order valence-corrected chi connectivity index (χ2v) is 8.74. The van der Waals surface area contributed by atoms with Crippen LogP contribution in [0.2, 0.25) is 0 Å². The standard InChI is InChI=1S/C24H52N2/c1-3-5-7-8-9-10-11-12-13-14-15-16-17-18-19-21-23-24(25,26)22-20-6-4-2/h3-23,25-26H2,1-2H3. The lowest BCUT2D eigenvalue weighted by Gasteiger charge is -2.24. The quantitative estimate of drug-likeness (QED) is 0.160. The molecule has 0 saturated carbocycles. The Morgan fingerprint density at radius 1 is 0.385 bits per heavy atom. The van der Waals surface area contributed by atoms with Crippen LogP contribution in [-0.2, 0) is 0 Å². The molecule has 0 amide bonds. The fraction of sp³-hybridized carbons (Fsp3) is 1.00. The van der Waals surface area contributed by atoms with Gasteiger partial charge in [-0.15, -0.1) is 0 Å². The van der Waals surface area contributed by atoms with Gasteiger partial charge in [-0.3, -0.25) is 0 Å². The van der Waals surface area contributed by atoms with Gasteiger partial charge in [0.2, 0.25) is 0 Å². The van der Waals surface area contributed by atoms with Crippen molar-refractivity contribution in [2.45, 2.75) is 154 Å². The molecule has 0 aromatic rings. The fourth-order valence-corrected chi connectivity index (χ4v) is 3.83. The van der Waals surface area contributed by atoms with Crippen molar-refractivity contribution in [3.8, 4) is 0 Å². The summed E-state index contributed by atoms with van der Waals surface area (Å²) >= 11 is 0. The van der Waals surface area contributed by atoms with E-state index in [9.17, 15) is 0 Å². The van der Waals surface area contributed by atoms with Crippen molar-refractivity contribution in [2.75, 3.05) is 0 Å². The van der Waals surface area contributed by atoms with Gasteiger partial charge < -0.3 is 11.5 Å². The summed E-state index contributed by atoms with van der Waals surface area (Å²) in [5.41, 5.74) is 12.0. The van der Waals surface area contributed by atoms with Gasteiger partial charge in [0.15, 0.2) is 0 Å². The predicted molar refractivity (Wildman–Crippen MR) is 119 cm³/mol. The van der Waals surface area contributed by atoms with Crippen molar-refractivity contribution >= 4 is 0 Å². The first kappa shape index (κ1) is 25.9. The Kier molecular flexibility index (Phi) is 19.6. The predicted octanol–water partition coefficient (Wildman–Crippen LogP) is 7.83. The molecule has 0 radical (unpaired) electrons. The highest BCUT2D eigenvalue weighted by molar-refractivity contribution is 4.76. The van der Waals surface area contributed by atoms with Crippen LogP contribution in [0.1, 0.15) is 149 Å². The molecule has 0 aliphatic heterocycles. The van der Waals surface area contributed by atoms with E-state index in [4.69, 9.17) is 11.5 Å². The molecule has 0 aromatic carbocycles. The molecule has 4 N–H and O–H groups in total. The molecule has 0 aromatic heterocycles. The summed E-state index contributed by atoms with van der Waals surface area (Å²) in [5, 5.41) is 0. The summed E-state index contributed by atoms with van der Waals surface area (Å²) in [7, 11) is 0. The second kappa shape index (κ2) is 19.7. The van der Waals surface area contributed by atoms with Gasteiger partial charge in [0.05, 0.1) is 5.66 Å². The van der Waals surface area contributed by atoms with Crippen LogP contribution >= 0.6 is 0 Å². The molecule has 26 heavy (non-hydrogen) atoms. The molecule has 0 saturated heterocycles. The Balaban J connectivity index is 3.17. The van der Waals surface area contributed by atoms with Gasteiger partial charge in [0, 0.05) is 0 Å². The number of unbranched alkanes of at least 4 members (excludes halogenated alkanes) is 17. The number of nitrogens with two attached hydrogens (primary N) is 2. The highest BCUT2D eigenvalue weighted by Crippen LogP contribution is 2.17. The lowest BCUT2D eigenvalue weighted by atomic mass is 9.96. The first-order valence-corrected chi connectivity index (χ1v) is 12.2. The minimum Gasteiger partial charge on any atom is -0.313 e. The maximum atomic E-state index is 6.20. The van der Waals surface area contributed by atoms with E-state index in [1.54, 1.807) is 0 Å². The van der Waals surface area contributed by atoms with Crippen molar-refractivity contribution in [1.29, 1.82) is 0 Å². The fourth-order valence-electron chi connectivity index (χ4n) is 3.83. The van der Waals surface area contributed by atoms with Gasteiger partial charge in [-0.25, -0.2) is 0 Å². The SMILES string of the molecule is CCCCCCCCCCCCCCCCCCC(N)(N)CCCCC. The average molecular weight is 369 g/mol. The number of hydrogen-bond donors (Lipinski definition) is 2. The van der Waals surface area contributed by atoms with Crippen molar-refractivity contribution in [2.24, 2.45) is 11.5 Å². The molecule has 0 aliphatic carbocycles. The third-order valence-electron chi connectivity index (χ3n) is 5.74. The van der Waals surface area contributed by atoms with E-state index in [1.807, 2.05) is 0 Å². The highest BCUT2D eigenvalue weighted by atomic mass is 14.9. The van der Waals surface area contributed by atoms with Gasteiger partial charge in [-0.2, -0.15) is 0 Å². The summed E-state index contributed by atoms with van der Waals surface area (Å²) in [6.07, 6.45) is 28.3. The van der Waals surface area contributed by atoms with Crippen LogP contribution in [0.5, 0.6) is 0 Å². The van der Waals surface area contributed by atoms with Crippen LogP contribution in [0.3, 0.4) is 0 Å². The van der Waals surface area contributed by atoms with E-state index < -0.39 is 5.66 Å². The summed E-state index contributed by atoms with van der Waals surface area (Å²) in [6.45, 7) is 4.52. The van der Waals surface area contributed by atoms with Crippen LogP contribution in [-0.4, -0.2) is 5.66 Å². The molecule has 158 valence electrons. The lowest BCUT2D eigenvalue weighted by molar-refractivity contribution is 0.347. The maximum Gasteiger partial charge on any atom is 0.0636 e. The number of hydrogen-bond acceptors (Lipinski definition) is 2. The van der Waals surface area contributed by atoms with E-state index in [2.05, 4.69) is 13.8 Å². The van der Waals surface area contributed by atoms with Crippen LogP contribution < -0.4 is 11.5 Å². The molecular formula is C24H52N2. The van der Waals surface area contributed by atoms with Crippen LogP contribution in [0, 0.1) is 0 Å². The molecular weight excluding hydrogens is 316 g/mol. The van der Waals surface area contributed by atoms with E-state index in [0.29, 0.717) is 0 Å². The third kappa shape index (κ3) is 20.2. The zero-order valence-electron chi connectivity index (χ0n) is 18.5. The molecule has 0 unspecified atom stereocenters. The average Bonchev–Trinajstić information content (AvgIpc) is 2.61. The van der Waals surface area contributed by atoms with E-state index >= 15 is 0 Å². The number of rotatable bonds is 21. The molecule has 0 atom stereocenters. The Labute approximate surface area is 166 Å². The van der Waals surface area contributed by atoms with E-state index in [0.717, 1.165) is 12.8 Å². The van der Waals surface area contributed by atoms with Crippen LogP contribution in [0.15, 0.2) is 0 Å². The third-order valence-corrected chi connectivity index (χ3v) is 5.74. The molecule has 2 heteroatoms. The Morgan fingerprint density at radius 2 is 0.615 bits per heavy atom. The monoisotopic (exact) mass is 368 g/mol. The zero-order chi connectivity index (χ0) is 19.3. The van der Waals surface area contributed by atoms with Crippen molar-refractivity contribution in [3.63, 3.8) is 0 Å². The van der Waals surface area contributed by atoms with Crippen molar-refractivity contribution in [3.05, 3.63) is 0 Å². The highest BCUT2D eigenvalue weighted by Gasteiger charge is 2.17.